The monoisotopic (exact) mass is 414 g/mol. The Hall–Kier alpha value is -1.82. The molecule has 3 heterocycles. The lowest BCUT2D eigenvalue weighted by Gasteiger charge is -2.32. The van der Waals surface area contributed by atoms with Crippen LogP contribution in [-0.4, -0.2) is 36.2 Å². The number of fused-ring (bicyclic) bond motifs is 2. The molecule has 1 saturated heterocycles. The summed E-state index contributed by atoms with van der Waals surface area (Å²) >= 11 is 8.32. The maximum Gasteiger partial charge on any atom is 0.179 e. The van der Waals surface area contributed by atoms with Crippen LogP contribution in [-0.2, 0) is 6.54 Å². The summed E-state index contributed by atoms with van der Waals surface area (Å²) in [5.74, 6) is 1.97. The molecular formula is C22H23ClN2O2S. The molecule has 0 saturated carbocycles. The van der Waals surface area contributed by atoms with Gasteiger partial charge in [-0.25, -0.2) is 4.98 Å². The number of ether oxygens (including phenoxy) is 2. The number of aromatic nitrogens is 1. The molecule has 0 radical (unpaired) electrons. The molecule has 4 nitrogen and oxygen atoms in total. The van der Waals surface area contributed by atoms with Crippen LogP contribution in [0, 0.1) is 0 Å². The number of likely N-dealkylation sites (tertiary alicyclic amines) is 1. The van der Waals surface area contributed by atoms with Crippen molar-refractivity contribution in [1.82, 2.24) is 9.88 Å². The van der Waals surface area contributed by atoms with E-state index in [0.717, 1.165) is 37.3 Å². The fourth-order valence-electron chi connectivity index (χ4n) is 4.10. The molecule has 1 atom stereocenters. The number of halogens is 1. The number of hydrogen-bond donors (Lipinski definition) is 0. The minimum absolute atomic E-state index is 0.502. The van der Waals surface area contributed by atoms with Gasteiger partial charge >= 0.3 is 0 Å². The number of piperidine rings is 1. The van der Waals surface area contributed by atoms with Gasteiger partial charge in [0.05, 0.1) is 33.5 Å². The van der Waals surface area contributed by atoms with Gasteiger partial charge in [0.15, 0.2) is 11.5 Å². The van der Waals surface area contributed by atoms with E-state index >= 15 is 0 Å². The van der Waals surface area contributed by atoms with Crippen molar-refractivity contribution >= 4 is 33.2 Å². The molecule has 2 aliphatic heterocycles. The Morgan fingerprint density at radius 1 is 1.14 bits per heavy atom. The molecule has 5 rings (SSSR count). The molecule has 6 heteroatoms. The van der Waals surface area contributed by atoms with E-state index in [1.807, 2.05) is 17.4 Å². The first-order valence-electron chi connectivity index (χ1n) is 9.92. The van der Waals surface area contributed by atoms with Gasteiger partial charge in [0.25, 0.3) is 0 Å². The normalized spacial score (nSPS) is 20.2. The quantitative estimate of drug-likeness (QED) is 0.567. The van der Waals surface area contributed by atoms with Crippen LogP contribution in [0.15, 0.2) is 36.4 Å². The number of para-hydroxylation sites is 1. The van der Waals surface area contributed by atoms with E-state index in [4.69, 9.17) is 26.1 Å². The van der Waals surface area contributed by atoms with E-state index in [2.05, 4.69) is 35.2 Å². The summed E-state index contributed by atoms with van der Waals surface area (Å²) < 4.78 is 12.9. The maximum absolute atomic E-state index is 6.48. The summed E-state index contributed by atoms with van der Waals surface area (Å²) in [6.45, 7) is 4.34. The number of benzene rings is 2. The third-order valence-corrected chi connectivity index (χ3v) is 6.91. The zero-order chi connectivity index (χ0) is 18.9. The first-order chi connectivity index (χ1) is 13.8. The summed E-state index contributed by atoms with van der Waals surface area (Å²) in [4.78, 5) is 7.40. The van der Waals surface area contributed by atoms with Gasteiger partial charge < -0.3 is 9.47 Å². The fraction of sp³-hybridized carbons (Fsp3) is 0.409. The highest BCUT2D eigenvalue weighted by atomic mass is 35.5. The topological polar surface area (TPSA) is 34.6 Å². The number of hydrogen-bond acceptors (Lipinski definition) is 5. The van der Waals surface area contributed by atoms with Gasteiger partial charge in [0, 0.05) is 25.4 Å². The Labute approximate surface area is 174 Å². The molecule has 146 valence electrons. The van der Waals surface area contributed by atoms with Crippen LogP contribution in [0.5, 0.6) is 11.5 Å². The molecular weight excluding hydrogens is 392 g/mol. The summed E-state index contributed by atoms with van der Waals surface area (Å²) in [6, 6.07) is 12.5. The summed E-state index contributed by atoms with van der Waals surface area (Å²) in [5, 5.41) is 1.91. The highest BCUT2D eigenvalue weighted by Gasteiger charge is 2.25. The van der Waals surface area contributed by atoms with Crippen molar-refractivity contribution in [2.24, 2.45) is 0 Å². The molecule has 0 amide bonds. The van der Waals surface area contributed by atoms with Gasteiger partial charge in [-0.15, -0.1) is 11.3 Å². The average molecular weight is 415 g/mol. The Balaban J connectivity index is 1.33. The Bertz CT molecular complexity index is 957. The van der Waals surface area contributed by atoms with Crippen LogP contribution in [0.3, 0.4) is 0 Å². The van der Waals surface area contributed by atoms with E-state index in [9.17, 15) is 0 Å². The van der Waals surface area contributed by atoms with E-state index < -0.39 is 0 Å². The van der Waals surface area contributed by atoms with E-state index in [1.54, 1.807) is 0 Å². The van der Waals surface area contributed by atoms with Gasteiger partial charge in [-0.2, -0.15) is 0 Å². The second kappa shape index (κ2) is 7.90. The first kappa shape index (κ1) is 18.2. The molecule has 1 fully saturated rings. The van der Waals surface area contributed by atoms with Gasteiger partial charge in [0.2, 0.25) is 0 Å². The van der Waals surface area contributed by atoms with Crippen molar-refractivity contribution in [3.63, 3.8) is 0 Å². The van der Waals surface area contributed by atoms with Crippen molar-refractivity contribution in [3.8, 4) is 11.5 Å². The van der Waals surface area contributed by atoms with Crippen molar-refractivity contribution in [1.29, 1.82) is 0 Å². The second-order valence-electron chi connectivity index (χ2n) is 7.55. The summed E-state index contributed by atoms with van der Waals surface area (Å²) in [6.07, 6.45) is 3.29. The van der Waals surface area contributed by atoms with Crippen molar-refractivity contribution < 1.29 is 9.47 Å². The predicted octanol–water partition coefficient (Wildman–Crippen LogP) is 5.49. The van der Waals surface area contributed by atoms with Gasteiger partial charge in [-0.05, 0) is 49.2 Å². The molecule has 0 bridgehead atoms. The van der Waals surface area contributed by atoms with Crippen LogP contribution in [0.4, 0.5) is 0 Å². The lowest BCUT2D eigenvalue weighted by Crippen LogP contribution is -2.33. The van der Waals surface area contributed by atoms with Gasteiger partial charge in [-0.3, -0.25) is 4.90 Å². The van der Waals surface area contributed by atoms with Crippen LogP contribution >= 0.6 is 22.9 Å². The van der Waals surface area contributed by atoms with E-state index in [1.165, 1.54) is 28.1 Å². The average Bonchev–Trinajstić information content (AvgIpc) is 3.00. The molecule has 0 N–H and O–H groups in total. The van der Waals surface area contributed by atoms with E-state index in [0.29, 0.717) is 29.9 Å². The maximum atomic E-state index is 6.48. The van der Waals surface area contributed by atoms with Crippen LogP contribution in [0.1, 0.15) is 35.8 Å². The second-order valence-corrected chi connectivity index (χ2v) is 9.02. The lowest BCUT2D eigenvalue weighted by atomic mass is 9.98. The van der Waals surface area contributed by atoms with Gasteiger partial charge in [-0.1, -0.05) is 23.7 Å². The highest BCUT2D eigenvalue weighted by Crippen LogP contribution is 2.39. The standard InChI is InChI=1S/C22H23ClN2O2S/c23-17-11-15(12-19-21(17)27-10-4-9-26-19)13-25-8-3-5-16(14-25)22-24-18-6-1-2-7-20(18)28-22/h1-2,6-7,11-12,16H,3-5,8-10,13-14H2/t16-/m1/s1. The third kappa shape index (κ3) is 3.71. The largest absolute Gasteiger partial charge is 0.489 e. The smallest absolute Gasteiger partial charge is 0.179 e. The minimum Gasteiger partial charge on any atom is -0.489 e. The lowest BCUT2D eigenvalue weighted by molar-refractivity contribution is 0.200. The third-order valence-electron chi connectivity index (χ3n) is 5.43. The summed E-state index contributed by atoms with van der Waals surface area (Å²) in [7, 11) is 0. The molecule has 1 aromatic heterocycles. The Morgan fingerprint density at radius 3 is 2.96 bits per heavy atom. The van der Waals surface area contributed by atoms with Crippen LogP contribution in [0.2, 0.25) is 5.02 Å². The van der Waals surface area contributed by atoms with Gasteiger partial charge in [0.1, 0.15) is 0 Å². The molecule has 3 aromatic rings. The van der Waals surface area contributed by atoms with Crippen molar-refractivity contribution in [2.45, 2.75) is 31.7 Å². The first-order valence-corrected chi connectivity index (χ1v) is 11.1. The number of thiazole rings is 1. The molecule has 0 aliphatic carbocycles. The molecule has 28 heavy (non-hydrogen) atoms. The number of rotatable bonds is 3. The molecule has 2 aliphatic rings. The molecule has 2 aromatic carbocycles. The van der Waals surface area contributed by atoms with Crippen molar-refractivity contribution in [2.75, 3.05) is 26.3 Å². The fourth-order valence-corrected chi connectivity index (χ4v) is 5.48. The minimum atomic E-state index is 0.502. The Morgan fingerprint density at radius 2 is 2.04 bits per heavy atom. The van der Waals surface area contributed by atoms with Crippen LogP contribution < -0.4 is 9.47 Å². The number of nitrogens with zero attached hydrogens (tertiary/aromatic N) is 2. The SMILES string of the molecule is Clc1cc(CN2CCC[C@@H](c3nc4ccccc4s3)C2)cc2c1OCCCO2. The predicted molar refractivity (Wildman–Crippen MR) is 114 cm³/mol. The zero-order valence-corrected chi connectivity index (χ0v) is 17.3. The van der Waals surface area contributed by atoms with Crippen molar-refractivity contribution in [3.05, 3.63) is 52.0 Å². The summed E-state index contributed by atoms with van der Waals surface area (Å²) in [5.41, 5.74) is 2.30. The molecule has 0 unspecified atom stereocenters. The van der Waals surface area contributed by atoms with Crippen LogP contribution in [0.25, 0.3) is 10.2 Å². The highest BCUT2D eigenvalue weighted by molar-refractivity contribution is 7.18. The Kier molecular flexibility index (Phi) is 5.14. The van der Waals surface area contributed by atoms with E-state index in [-0.39, 0.29) is 0 Å². The zero-order valence-electron chi connectivity index (χ0n) is 15.7. The molecule has 0 spiro atoms.